The Morgan fingerprint density at radius 3 is 1.47 bits per heavy atom. The summed E-state index contributed by atoms with van der Waals surface area (Å²) >= 11 is 0. The van der Waals surface area contributed by atoms with E-state index in [2.05, 4.69) is 0 Å². The molecule has 0 fully saturated rings. The first-order valence-corrected chi connectivity index (χ1v) is 4.87. The van der Waals surface area contributed by atoms with Gasteiger partial charge in [0.25, 0.3) is 0 Å². The van der Waals surface area contributed by atoms with Crippen LogP contribution in [0.25, 0.3) is 0 Å². The highest BCUT2D eigenvalue weighted by molar-refractivity contribution is 5.31. The maximum atomic E-state index is 13.3. The summed E-state index contributed by atoms with van der Waals surface area (Å²) in [6, 6.07) is 4.16. The second kappa shape index (κ2) is 3.58. The van der Waals surface area contributed by atoms with E-state index in [1.165, 1.54) is 12.1 Å². The van der Waals surface area contributed by atoms with Gasteiger partial charge in [-0.1, -0.05) is 0 Å². The van der Waals surface area contributed by atoms with Gasteiger partial charge in [0.2, 0.25) is 0 Å². The van der Waals surface area contributed by atoms with Crippen molar-refractivity contribution < 1.29 is 14.6 Å². The maximum Gasteiger partial charge on any atom is 0.123 e. The molecular weight excluding hydrogens is 195 g/mol. The summed E-state index contributed by atoms with van der Waals surface area (Å²) in [7, 11) is 0. The Labute approximate surface area is 89.4 Å². The lowest BCUT2D eigenvalue weighted by Gasteiger charge is -2.23. The van der Waals surface area contributed by atoms with E-state index in [9.17, 15) is 14.6 Å². The van der Waals surface area contributed by atoms with Crippen molar-refractivity contribution in [2.24, 2.45) is 0 Å². The van der Waals surface area contributed by atoms with Crippen LogP contribution in [-0.2, 0) is 11.2 Å². The summed E-state index contributed by atoms with van der Waals surface area (Å²) in [5, 5.41) is 19.5. The third kappa shape index (κ3) is 3.01. The SMILES string of the molecule is CC(C)(O)c1cc(F)cc(C(C)(C)O)c1. The molecule has 1 rings (SSSR count). The fourth-order valence-electron chi connectivity index (χ4n) is 1.30. The molecule has 0 atom stereocenters. The molecule has 0 saturated carbocycles. The molecule has 0 radical (unpaired) electrons. The zero-order valence-corrected chi connectivity index (χ0v) is 9.50. The van der Waals surface area contributed by atoms with Gasteiger partial charge in [-0.15, -0.1) is 0 Å². The van der Waals surface area contributed by atoms with E-state index < -0.39 is 17.0 Å². The summed E-state index contributed by atoms with van der Waals surface area (Å²) in [6.45, 7) is 6.32. The van der Waals surface area contributed by atoms with Crippen molar-refractivity contribution in [2.75, 3.05) is 0 Å². The number of rotatable bonds is 2. The van der Waals surface area contributed by atoms with Crippen molar-refractivity contribution in [3.63, 3.8) is 0 Å². The molecule has 0 unspecified atom stereocenters. The quantitative estimate of drug-likeness (QED) is 0.789. The zero-order valence-electron chi connectivity index (χ0n) is 9.50. The smallest absolute Gasteiger partial charge is 0.123 e. The Balaban J connectivity index is 3.30. The van der Waals surface area contributed by atoms with Crippen LogP contribution >= 0.6 is 0 Å². The molecule has 0 amide bonds. The van der Waals surface area contributed by atoms with Crippen LogP contribution in [0.3, 0.4) is 0 Å². The average Bonchev–Trinajstić information content (AvgIpc) is 1.99. The standard InChI is InChI=1S/C12H17FO2/c1-11(2,14)8-5-9(12(3,4)15)7-10(13)6-8/h5-7,14-15H,1-4H3. The summed E-state index contributed by atoms with van der Waals surface area (Å²) in [6.07, 6.45) is 0. The summed E-state index contributed by atoms with van der Waals surface area (Å²) < 4.78 is 13.3. The van der Waals surface area contributed by atoms with E-state index >= 15 is 0 Å². The van der Waals surface area contributed by atoms with Crippen LogP contribution in [0.2, 0.25) is 0 Å². The molecule has 0 heterocycles. The van der Waals surface area contributed by atoms with Gasteiger partial charge in [0, 0.05) is 0 Å². The number of hydrogen-bond donors (Lipinski definition) is 2. The molecule has 0 spiro atoms. The Morgan fingerprint density at radius 2 is 1.20 bits per heavy atom. The number of halogens is 1. The van der Waals surface area contributed by atoms with E-state index in [1.54, 1.807) is 33.8 Å². The lowest BCUT2D eigenvalue weighted by atomic mass is 9.91. The molecule has 0 aliphatic rings. The zero-order chi connectivity index (χ0) is 11.9. The van der Waals surface area contributed by atoms with E-state index in [0.29, 0.717) is 11.1 Å². The van der Waals surface area contributed by atoms with Crippen molar-refractivity contribution in [1.29, 1.82) is 0 Å². The van der Waals surface area contributed by atoms with Crippen LogP contribution in [0.1, 0.15) is 38.8 Å². The molecule has 3 heteroatoms. The topological polar surface area (TPSA) is 40.5 Å². The van der Waals surface area contributed by atoms with Crippen LogP contribution in [0.4, 0.5) is 4.39 Å². The minimum absolute atomic E-state index is 0.452. The molecule has 1 aromatic rings. The van der Waals surface area contributed by atoms with Gasteiger partial charge in [0.05, 0.1) is 11.2 Å². The molecule has 2 N–H and O–H groups in total. The molecule has 0 bridgehead atoms. The first kappa shape index (κ1) is 12.1. The Kier molecular flexibility index (Phi) is 2.90. The van der Waals surface area contributed by atoms with Gasteiger partial charge in [-0.05, 0) is 57.0 Å². The number of aliphatic hydroxyl groups is 2. The van der Waals surface area contributed by atoms with Crippen molar-refractivity contribution in [3.8, 4) is 0 Å². The predicted molar refractivity (Wildman–Crippen MR) is 56.9 cm³/mol. The van der Waals surface area contributed by atoms with Gasteiger partial charge in [0.1, 0.15) is 5.82 Å². The fourth-order valence-corrected chi connectivity index (χ4v) is 1.30. The minimum atomic E-state index is -1.11. The number of benzene rings is 1. The van der Waals surface area contributed by atoms with Crippen molar-refractivity contribution in [1.82, 2.24) is 0 Å². The third-order valence-corrected chi connectivity index (χ3v) is 2.31. The van der Waals surface area contributed by atoms with Gasteiger partial charge in [0.15, 0.2) is 0 Å². The summed E-state index contributed by atoms with van der Waals surface area (Å²) in [5.74, 6) is -0.452. The predicted octanol–water partition coefficient (Wildman–Crippen LogP) is 2.28. The Morgan fingerprint density at radius 1 is 0.867 bits per heavy atom. The lowest BCUT2D eigenvalue weighted by molar-refractivity contribution is 0.0711. The molecule has 0 aliphatic heterocycles. The van der Waals surface area contributed by atoms with E-state index in [0.717, 1.165) is 0 Å². The third-order valence-electron chi connectivity index (χ3n) is 2.31. The second-order valence-electron chi connectivity index (χ2n) is 4.85. The monoisotopic (exact) mass is 212 g/mol. The molecule has 0 aliphatic carbocycles. The summed E-state index contributed by atoms with van der Waals surface area (Å²) in [5.41, 5.74) is -1.30. The van der Waals surface area contributed by atoms with E-state index in [1.807, 2.05) is 0 Å². The highest BCUT2D eigenvalue weighted by Gasteiger charge is 2.22. The average molecular weight is 212 g/mol. The number of hydrogen-bond acceptors (Lipinski definition) is 2. The molecule has 1 aromatic carbocycles. The van der Waals surface area contributed by atoms with Crippen molar-refractivity contribution >= 4 is 0 Å². The van der Waals surface area contributed by atoms with Crippen LogP contribution in [-0.4, -0.2) is 10.2 Å². The molecule has 0 aromatic heterocycles. The molecule has 84 valence electrons. The first-order valence-electron chi connectivity index (χ1n) is 4.87. The summed E-state index contributed by atoms with van der Waals surface area (Å²) in [4.78, 5) is 0. The largest absolute Gasteiger partial charge is 0.386 e. The van der Waals surface area contributed by atoms with Crippen LogP contribution in [0.5, 0.6) is 0 Å². The molecule has 15 heavy (non-hydrogen) atoms. The highest BCUT2D eigenvalue weighted by atomic mass is 19.1. The fraction of sp³-hybridized carbons (Fsp3) is 0.500. The molecule has 2 nitrogen and oxygen atoms in total. The first-order chi connectivity index (χ1) is 6.60. The van der Waals surface area contributed by atoms with Crippen LogP contribution in [0, 0.1) is 5.82 Å². The van der Waals surface area contributed by atoms with Crippen molar-refractivity contribution in [2.45, 2.75) is 38.9 Å². The Hall–Kier alpha value is -0.930. The molecule has 0 saturated heterocycles. The van der Waals surface area contributed by atoms with E-state index in [4.69, 9.17) is 0 Å². The van der Waals surface area contributed by atoms with Crippen molar-refractivity contribution in [3.05, 3.63) is 35.1 Å². The van der Waals surface area contributed by atoms with Crippen LogP contribution < -0.4 is 0 Å². The second-order valence-corrected chi connectivity index (χ2v) is 4.85. The molecular formula is C12H17FO2. The van der Waals surface area contributed by atoms with Gasteiger partial charge in [-0.2, -0.15) is 0 Å². The lowest BCUT2D eigenvalue weighted by Crippen LogP contribution is -2.20. The normalized spacial score (nSPS) is 13.0. The van der Waals surface area contributed by atoms with Gasteiger partial charge < -0.3 is 10.2 Å². The maximum absolute atomic E-state index is 13.3. The van der Waals surface area contributed by atoms with Gasteiger partial charge in [-0.25, -0.2) is 4.39 Å². The van der Waals surface area contributed by atoms with Crippen LogP contribution in [0.15, 0.2) is 18.2 Å². The van der Waals surface area contributed by atoms with E-state index in [-0.39, 0.29) is 0 Å². The van der Waals surface area contributed by atoms with Gasteiger partial charge >= 0.3 is 0 Å². The van der Waals surface area contributed by atoms with Gasteiger partial charge in [-0.3, -0.25) is 0 Å². The highest BCUT2D eigenvalue weighted by Crippen LogP contribution is 2.27. The Bertz CT molecular complexity index is 327. The minimum Gasteiger partial charge on any atom is -0.386 e.